The van der Waals surface area contributed by atoms with Gasteiger partial charge in [-0.05, 0) is 24.0 Å². The van der Waals surface area contributed by atoms with Gasteiger partial charge in [0.1, 0.15) is 10.3 Å². The Morgan fingerprint density at radius 1 is 1.41 bits per heavy atom. The maximum absolute atomic E-state index is 6.16. The summed E-state index contributed by atoms with van der Waals surface area (Å²) in [5.41, 5.74) is 7.41. The molecular weight excluding hydrogens is 230 g/mol. The average molecular weight is 249 g/mol. The summed E-state index contributed by atoms with van der Waals surface area (Å²) in [4.78, 5) is 9.86. The molecule has 0 aromatic carbocycles. The van der Waals surface area contributed by atoms with E-state index in [0.29, 0.717) is 0 Å². The average Bonchev–Trinajstić information content (AvgIpc) is 2.55. The zero-order valence-electron chi connectivity index (χ0n) is 10.6. The van der Waals surface area contributed by atoms with E-state index in [1.165, 1.54) is 0 Å². The van der Waals surface area contributed by atoms with Gasteiger partial charge in [0.05, 0.1) is 5.01 Å². The van der Waals surface area contributed by atoms with Crippen LogP contribution in [0.5, 0.6) is 0 Å². The van der Waals surface area contributed by atoms with Gasteiger partial charge in [0.2, 0.25) is 0 Å². The fourth-order valence-electron chi connectivity index (χ4n) is 1.99. The number of hydrogen-bond acceptors (Lipinski definition) is 4. The van der Waals surface area contributed by atoms with Crippen molar-refractivity contribution < 1.29 is 0 Å². The Morgan fingerprint density at radius 2 is 2.18 bits per heavy atom. The summed E-state index contributed by atoms with van der Waals surface area (Å²) < 4.78 is 0. The molecule has 2 N–H and O–H groups in total. The third-order valence-electron chi connectivity index (χ3n) is 2.52. The van der Waals surface area contributed by atoms with E-state index in [1.807, 2.05) is 12.1 Å². The first-order chi connectivity index (χ1) is 7.94. The molecule has 0 bridgehead atoms. The van der Waals surface area contributed by atoms with E-state index < -0.39 is 0 Å². The number of thiazole rings is 1. The highest BCUT2D eigenvalue weighted by atomic mass is 32.1. The smallest absolute Gasteiger partial charge is 0.143 e. The lowest BCUT2D eigenvalue weighted by Gasteiger charge is -2.22. The van der Waals surface area contributed by atoms with Gasteiger partial charge in [0, 0.05) is 18.7 Å². The highest BCUT2D eigenvalue weighted by molar-refractivity contribution is 7.18. The van der Waals surface area contributed by atoms with Crippen LogP contribution in [-0.4, -0.2) is 16.0 Å². The van der Waals surface area contributed by atoms with Crippen molar-refractivity contribution in [3.05, 3.63) is 23.3 Å². The van der Waals surface area contributed by atoms with Crippen LogP contribution in [0.25, 0.3) is 10.3 Å². The van der Waals surface area contributed by atoms with E-state index in [4.69, 9.17) is 5.73 Å². The minimum absolute atomic E-state index is 0.176. The van der Waals surface area contributed by atoms with Gasteiger partial charge < -0.3 is 5.73 Å². The van der Waals surface area contributed by atoms with Crippen LogP contribution in [0.3, 0.4) is 0 Å². The zero-order valence-corrected chi connectivity index (χ0v) is 11.4. The number of rotatable bonds is 3. The van der Waals surface area contributed by atoms with Gasteiger partial charge in [-0.3, -0.25) is 0 Å². The lowest BCUT2D eigenvalue weighted by molar-refractivity contribution is 0.338. The predicted octanol–water partition coefficient (Wildman–Crippen LogP) is 3.00. The van der Waals surface area contributed by atoms with E-state index in [-0.39, 0.29) is 11.5 Å². The third kappa shape index (κ3) is 3.48. The first-order valence-electron chi connectivity index (χ1n) is 5.90. The number of nitrogens with zero attached hydrogens (tertiary/aromatic N) is 2. The molecule has 0 radical (unpaired) electrons. The van der Waals surface area contributed by atoms with Crippen molar-refractivity contribution in [3.63, 3.8) is 0 Å². The molecule has 2 aromatic heterocycles. The Hall–Kier alpha value is -1.00. The maximum atomic E-state index is 6.16. The SMILES string of the molecule is CC(C)(C)CC(N)Cc1nc2cccnc2s1. The molecule has 0 saturated heterocycles. The van der Waals surface area contributed by atoms with Crippen LogP contribution in [-0.2, 0) is 6.42 Å². The third-order valence-corrected chi connectivity index (χ3v) is 3.52. The van der Waals surface area contributed by atoms with Gasteiger partial charge in [0.25, 0.3) is 0 Å². The molecule has 2 heterocycles. The number of hydrogen-bond donors (Lipinski definition) is 1. The quantitative estimate of drug-likeness (QED) is 0.909. The fourth-order valence-corrected chi connectivity index (χ4v) is 2.98. The Balaban J connectivity index is 2.08. The van der Waals surface area contributed by atoms with Gasteiger partial charge in [-0.25, -0.2) is 9.97 Å². The lowest BCUT2D eigenvalue weighted by Crippen LogP contribution is -2.28. The predicted molar refractivity (Wildman–Crippen MR) is 73.2 cm³/mol. The van der Waals surface area contributed by atoms with E-state index >= 15 is 0 Å². The molecule has 3 nitrogen and oxygen atoms in total. The molecule has 0 aliphatic carbocycles. The van der Waals surface area contributed by atoms with Crippen molar-refractivity contribution in [2.75, 3.05) is 0 Å². The van der Waals surface area contributed by atoms with E-state index in [1.54, 1.807) is 17.5 Å². The van der Waals surface area contributed by atoms with Crippen LogP contribution in [0, 0.1) is 5.41 Å². The van der Waals surface area contributed by atoms with Crippen LogP contribution >= 0.6 is 11.3 Å². The Kier molecular flexibility index (Phi) is 3.45. The van der Waals surface area contributed by atoms with Gasteiger partial charge in [-0.1, -0.05) is 32.1 Å². The van der Waals surface area contributed by atoms with Crippen molar-refractivity contribution >= 4 is 21.7 Å². The molecule has 0 aliphatic rings. The molecule has 1 unspecified atom stereocenters. The number of pyridine rings is 1. The maximum Gasteiger partial charge on any atom is 0.143 e. The molecule has 4 heteroatoms. The first-order valence-corrected chi connectivity index (χ1v) is 6.72. The summed E-state index contributed by atoms with van der Waals surface area (Å²) in [6, 6.07) is 4.09. The lowest BCUT2D eigenvalue weighted by atomic mass is 9.87. The van der Waals surface area contributed by atoms with Crippen molar-refractivity contribution in [3.8, 4) is 0 Å². The second-order valence-corrected chi connectivity index (χ2v) is 6.73. The normalized spacial score (nSPS) is 14.1. The summed E-state index contributed by atoms with van der Waals surface area (Å²) in [7, 11) is 0. The van der Waals surface area contributed by atoms with Crippen LogP contribution in [0.1, 0.15) is 32.2 Å². The Morgan fingerprint density at radius 3 is 2.82 bits per heavy atom. The van der Waals surface area contributed by atoms with E-state index in [2.05, 4.69) is 30.7 Å². The topological polar surface area (TPSA) is 51.8 Å². The van der Waals surface area contributed by atoms with Crippen molar-refractivity contribution in [1.82, 2.24) is 9.97 Å². The second-order valence-electron chi connectivity index (χ2n) is 5.66. The Bertz CT molecular complexity index is 466. The molecule has 2 aromatic rings. The standard InChI is InChI=1S/C13H19N3S/c1-13(2,3)8-9(14)7-11-16-10-5-4-6-15-12(10)17-11/h4-6,9H,7-8,14H2,1-3H3. The van der Waals surface area contributed by atoms with Gasteiger partial charge in [0.15, 0.2) is 0 Å². The summed E-state index contributed by atoms with van der Waals surface area (Å²) in [6.07, 6.45) is 3.66. The summed E-state index contributed by atoms with van der Waals surface area (Å²) in [5.74, 6) is 0. The largest absolute Gasteiger partial charge is 0.327 e. The van der Waals surface area contributed by atoms with Crippen LogP contribution in [0.2, 0.25) is 0 Å². The molecule has 17 heavy (non-hydrogen) atoms. The monoisotopic (exact) mass is 249 g/mol. The summed E-state index contributed by atoms with van der Waals surface area (Å²) >= 11 is 1.65. The number of nitrogens with two attached hydrogens (primary N) is 1. The number of fused-ring (bicyclic) bond motifs is 1. The minimum atomic E-state index is 0.176. The molecular formula is C13H19N3S. The van der Waals surface area contributed by atoms with E-state index in [0.717, 1.165) is 28.2 Å². The molecule has 0 spiro atoms. The van der Waals surface area contributed by atoms with E-state index in [9.17, 15) is 0 Å². The van der Waals surface area contributed by atoms with Crippen molar-refractivity contribution in [2.45, 2.75) is 39.7 Å². The molecule has 2 rings (SSSR count). The fraction of sp³-hybridized carbons (Fsp3) is 0.538. The highest BCUT2D eigenvalue weighted by Crippen LogP contribution is 2.24. The van der Waals surface area contributed by atoms with Gasteiger partial charge in [-0.2, -0.15) is 0 Å². The Labute approximate surface area is 106 Å². The molecule has 92 valence electrons. The van der Waals surface area contributed by atoms with Crippen molar-refractivity contribution in [1.29, 1.82) is 0 Å². The number of aromatic nitrogens is 2. The minimum Gasteiger partial charge on any atom is -0.327 e. The molecule has 0 aliphatic heterocycles. The van der Waals surface area contributed by atoms with Gasteiger partial charge in [-0.15, -0.1) is 0 Å². The highest BCUT2D eigenvalue weighted by Gasteiger charge is 2.17. The van der Waals surface area contributed by atoms with Crippen LogP contribution < -0.4 is 5.73 Å². The second kappa shape index (κ2) is 4.70. The summed E-state index contributed by atoms with van der Waals surface area (Å²) in [5, 5.41) is 1.09. The van der Waals surface area contributed by atoms with Crippen molar-refractivity contribution in [2.24, 2.45) is 11.1 Å². The molecule has 0 amide bonds. The molecule has 0 saturated carbocycles. The molecule has 1 atom stereocenters. The first kappa shape index (κ1) is 12.5. The van der Waals surface area contributed by atoms with Gasteiger partial charge >= 0.3 is 0 Å². The van der Waals surface area contributed by atoms with Crippen LogP contribution in [0.15, 0.2) is 18.3 Å². The van der Waals surface area contributed by atoms with Crippen LogP contribution in [0.4, 0.5) is 0 Å². The zero-order chi connectivity index (χ0) is 12.5. The molecule has 0 fully saturated rings. The summed E-state index contributed by atoms with van der Waals surface area (Å²) in [6.45, 7) is 6.65.